The van der Waals surface area contributed by atoms with Gasteiger partial charge in [0.1, 0.15) is 46.5 Å². The topological polar surface area (TPSA) is 33.0 Å². The summed E-state index contributed by atoms with van der Waals surface area (Å²) in [5.74, 6) is -5.98. The number of allylic oxidation sites excluding steroid dienone is 1. The molecule has 45 heavy (non-hydrogen) atoms. The van der Waals surface area contributed by atoms with E-state index in [2.05, 4.69) is 11.3 Å². The minimum absolute atomic E-state index is 0.146. The zero-order valence-corrected chi connectivity index (χ0v) is 24.0. The minimum Gasteiger partial charge on any atom is -0.429 e. The lowest BCUT2D eigenvalue weighted by molar-refractivity contribution is -0.189. The average Bonchev–Trinajstić information content (AvgIpc) is 2.99. The monoisotopic (exact) mass is 623 g/mol. The highest BCUT2D eigenvalue weighted by atomic mass is 19.3. The first-order valence-electron chi connectivity index (χ1n) is 14.5. The van der Waals surface area contributed by atoms with Crippen molar-refractivity contribution in [1.29, 1.82) is 5.26 Å². The summed E-state index contributed by atoms with van der Waals surface area (Å²) >= 11 is 0. The Kier molecular flexibility index (Phi) is 9.33. The molecule has 0 heterocycles. The molecule has 0 atom stereocenters. The lowest BCUT2D eigenvalue weighted by Crippen LogP contribution is -2.25. The second-order valence-corrected chi connectivity index (χ2v) is 11.2. The van der Waals surface area contributed by atoms with Crippen LogP contribution in [0.3, 0.4) is 0 Å². The van der Waals surface area contributed by atoms with E-state index >= 15 is 8.78 Å². The van der Waals surface area contributed by atoms with Crippen LogP contribution in [0.2, 0.25) is 0 Å². The molecule has 1 saturated carbocycles. The number of hydrogen-bond acceptors (Lipinski definition) is 2. The summed E-state index contributed by atoms with van der Waals surface area (Å²) in [5.41, 5.74) is -1.66. The van der Waals surface area contributed by atoms with Gasteiger partial charge in [-0.2, -0.15) is 14.0 Å². The molecule has 2 nitrogen and oxygen atoms in total. The van der Waals surface area contributed by atoms with Gasteiger partial charge in [-0.1, -0.05) is 30.3 Å². The van der Waals surface area contributed by atoms with Gasteiger partial charge in [-0.05, 0) is 103 Å². The minimum atomic E-state index is -4.58. The van der Waals surface area contributed by atoms with Crippen LogP contribution in [0, 0.1) is 46.3 Å². The quantitative estimate of drug-likeness (QED) is 0.137. The molecule has 9 heteroatoms. The summed E-state index contributed by atoms with van der Waals surface area (Å²) in [6, 6.07) is 13.2. The lowest BCUT2D eigenvalue weighted by Gasteiger charge is -2.28. The third-order valence-electron chi connectivity index (χ3n) is 8.32. The van der Waals surface area contributed by atoms with E-state index in [0.29, 0.717) is 24.1 Å². The van der Waals surface area contributed by atoms with Crippen molar-refractivity contribution in [1.82, 2.24) is 0 Å². The van der Waals surface area contributed by atoms with Gasteiger partial charge in [-0.3, -0.25) is 0 Å². The van der Waals surface area contributed by atoms with E-state index in [0.717, 1.165) is 62.3 Å². The van der Waals surface area contributed by atoms with Crippen molar-refractivity contribution in [3.8, 4) is 34.1 Å². The molecular weight excluding hydrogens is 595 g/mol. The van der Waals surface area contributed by atoms with E-state index in [4.69, 9.17) is 5.26 Å². The molecule has 1 aliphatic carbocycles. The molecular formula is C36H28F7NO. The van der Waals surface area contributed by atoms with Crippen LogP contribution >= 0.6 is 0 Å². The molecule has 232 valence electrons. The van der Waals surface area contributed by atoms with Crippen LogP contribution in [0.5, 0.6) is 5.75 Å². The molecule has 5 rings (SSSR count). The van der Waals surface area contributed by atoms with Gasteiger partial charge >= 0.3 is 6.11 Å². The highest BCUT2D eigenvalue weighted by Gasteiger charge is 2.41. The fourth-order valence-electron chi connectivity index (χ4n) is 5.93. The van der Waals surface area contributed by atoms with E-state index < -0.39 is 52.1 Å². The number of nitriles is 1. The average molecular weight is 624 g/mol. The Bertz CT molecular complexity index is 1750. The summed E-state index contributed by atoms with van der Waals surface area (Å²) in [6.45, 7) is 3.77. The van der Waals surface area contributed by atoms with Gasteiger partial charge in [0.15, 0.2) is 0 Å². The van der Waals surface area contributed by atoms with Crippen LogP contribution in [0.4, 0.5) is 30.7 Å². The van der Waals surface area contributed by atoms with E-state index in [-0.39, 0.29) is 28.2 Å². The first-order chi connectivity index (χ1) is 21.5. The van der Waals surface area contributed by atoms with Crippen molar-refractivity contribution in [2.45, 2.75) is 50.6 Å². The zero-order valence-electron chi connectivity index (χ0n) is 24.0. The summed E-state index contributed by atoms with van der Waals surface area (Å²) in [6.07, 6.45) is 3.49. The van der Waals surface area contributed by atoms with Crippen LogP contribution in [0.1, 0.15) is 61.1 Å². The standard InChI is InChI=1S/C36H28F7NO/c1-2-3-4-21-5-7-22(8-6-21)23-10-13-28(31(38)15-23)24-11-14-29(32(39)16-24)26-17-33(40)35(34(41)18-26)36(42,43)45-27-12-9-25(20-44)30(37)19-27/h2,9-19,21-22H,1,3-8H2. The van der Waals surface area contributed by atoms with Gasteiger partial charge in [0, 0.05) is 17.2 Å². The Balaban J connectivity index is 1.34. The predicted molar refractivity (Wildman–Crippen MR) is 157 cm³/mol. The molecule has 4 aromatic carbocycles. The number of ether oxygens (including phenoxy) is 1. The van der Waals surface area contributed by atoms with Crippen molar-refractivity contribution in [3.63, 3.8) is 0 Å². The Hall–Kier alpha value is -4.58. The van der Waals surface area contributed by atoms with Gasteiger partial charge in [-0.25, -0.2) is 22.0 Å². The van der Waals surface area contributed by atoms with Crippen LogP contribution < -0.4 is 4.74 Å². The first-order valence-corrected chi connectivity index (χ1v) is 14.5. The molecule has 4 aromatic rings. The molecule has 0 bridgehead atoms. The third-order valence-corrected chi connectivity index (χ3v) is 8.32. The maximum Gasteiger partial charge on any atom is 0.432 e. The van der Waals surface area contributed by atoms with E-state index in [1.807, 2.05) is 12.1 Å². The molecule has 0 aliphatic heterocycles. The fraction of sp³-hybridized carbons (Fsp3) is 0.250. The second-order valence-electron chi connectivity index (χ2n) is 11.2. The van der Waals surface area contributed by atoms with Crippen molar-refractivity contribution < 1.29 is 35.5 Å². The molecule has 0 N–H and O–H groups in total. The van der Waals surface area contributed by atoms with E-state index in [1.165, 1.54) is 24.3 Å². The normalized spacial score (nSPS) is 16.7. The van der Waals surface area contributed by atoms with E-state index in [9.17, 15) is 22.0 Å². The Morgan fingerprint density at radius 1 is 0.756 bits per heavy atom. The van der Waals surface area contributed by atoms with Crippen LogP contribution in [-0.4, -0.2) is 0 Å². The molecule has 0 saturated heterocycles. The Morgan fingerprint density at radius 3 is 1.98 bits per heavy atom. The van der Waals surface area contributed by atoms with Gasteiger partial charge in [0.2, 0.25) is 0 Å². The van der Waals surface area contributed by atoms with Crippen molar-refractivity contribution >= 4 is 0 Å². The zero-order chi connectivity index (χ0) is 32.3. The third kappa shape index (κ3) is 6.90. The maximum atomic E-state index is 15.2. The highest BCUT2D eigenvalue weighted by molar-refractivity contribution is 5.72. The Morgan fingerprint density at radius 2 is 1.38 bits per heavy atom. The Labute approximate surface area is 256 Å². The number of benzene rings is 4. The number of alkyl halides is 2. The largest absolute Gasteiger partial charge is 0.432 e. The smallest absolute Gasteiger partial charge is 0.429 e. The maximum absolute atomic E-state index is 15.2. The van der Waals surface area contributed by atoms with Crippen molar-refractivity contribution in [2.24, 2.45) is 5.92 Å². The number of rotatable bonds is 9. The number of hydrogen-bond donors (Lipinski definition) is 0. The molecule has 0 spiro atoms. The molecule has 0 unspecified atom stereocenters. The van der Waals surface area contributed by atoms with Crippen molar-refractivity contribution in [3.05, 3.63) is 125 Å². The molecule has 0 amide bonds. The molecule has 1 aliphatic rings. The lowest BCUT2D eigenvalue weighted by atomic mass is 9.77. The summed E-state index contributed by atoms with van der Waals surface area (Å²) in [5, 5.41) is 8.77. The van der Waals surface area contributed by atoms with Crippen molar-refractivity contribution in [2.75, 3.05) is 0 Å². The summed E-state index contributed by atoms with van der Waals surface area (Å²) < 4.78 is 108. The van der Waals surface area contributed by atoms with E-state index in [1.54, 1.807) is 6.07 Å². The fourth-order valence-corrected chi connectivity index (χ4v) is 5.93. The number of nitrogens with zero attached hydrogens (tertiary/aromatic N) is 1. The van der Waals surface area contributed by atoms with Gasteiger partial charge in [0.25, 0.3) is 0 Å². The predicted octanol–water partition coefficient (Wildman–Crippen LogP) is 11.0. The summed E-state index contributed by atoms with van der Waals surface area (Å²) in [7, 11) is 0. The molecule has 0 radical (unpaired) electrons. The van der Waals surface area contributed by atoms with Crippen LogP contribution in [0.15, 0.2) is 79.4 Å². The van der Waals surface area contributed by atoms with Crippen LogP contribution in [-0.2, 0) is 6.11 Å². The highest BCUT2D eigenvalue weighted by Crippen LogP contribution is 2.40. The van der Waals surface area contributed by atoms with Gasteiger partial charge < -0.3 is 4.74 Å². The first kappa shape index (κ1) is 31.8. The number of halogens is 7. The molecule has 1 fully saturated rings. The van der Waals surface area contributed by atoms with Gasteiger partial charge in [-0.15, -0.1) is 6.58 Å². The summed E-state index contributed by atoms with van der Waals surface area (Å²) in [4.78, 5) is 0. The SMILES string of the molecule is C=CCCC1CCC(c2ccc(-c3ccc(-c4cc(F)c(C(F)(F)Oc5ccc(C#N)c(F)c5)c(F)c4)c(F)c3)c(F)c2)CC1. The van der Waals surface area contributed by atoms with Gasteiger partial charge in [0.05, 0.1) is 5.56 Å². The van der Waals surface area contributed by atoms with Crippen LogP contribution in [0.25, 0.3) is 22.3 Å². The molecule has 0 aromatic heterocycles. The second kappa shape index (κ2) is 13.2.